The Bertz CT molecular complexity index is 6200. The average molecular weight is 1870 g/mol. The number of anilines is 2. The van der Waals surface area contributed by atoms with E-state index in [0.717, 1.165) is 132 Å². The third-order valence-corrected chi connectivity index (χ3v) is 20.7. The molecule has 0 radical (unpaired) electrons. The van der Waals surface area contributed by atoms with Gasteiger partial charge in [0.05, 0.1) is 33.8 Å². The number of hydrazine groups is 1. The van der Waals surface area contributed by atoms with Gasteiger partial charge in [-0.25, -0.2) is 19.9 Å². The van der Waals surface area contributed by atoms with Crippen LogP contribution in [0.5, 0.6) is 0 Å². The predicted molar refractivity (Wildman–Crippen MR) is 477 cm³/mol. The van der Waals surface area contributed by atoms with Gasteiger partial charge in [0, 0.05) is 113 Å². The highest BCUT2D eigenvalue weighted by Gasteiger charge is 2.34. The Hall–Kier alpha value is -13.0. The van der Waals surface area contributed by atoms with Crippen LogP contribution >= 0.6 is 38.5 Å². The van der Waals surface area contributed by atoms with Gasteiger partial charge in [0.15, 0.2) is 5.78 Å². The van der Waals surface area contributed by atoms with Crippen LogP contribution in [-0.2, 0) is 24.9 Å². The number of nitrogens with one attached hydrogen (secondary N) is 6. The summed E-state index contributed by atoms with van der Waals surface area (Å²) in [4.78, 5) is 78.2. The third kappa shape index (κ3) is 25.4. The van der Waals surface area contributed by atoms with Crippen LogP contribution in [0.25, 0.3) is 77.4 Å². The maximum Gasteiger partial charge on any atom is 0.488 e. The van der Waals surface area contributed by atoms with E-state index < -0.39 is 60.1 Å². The number of benzene rings is 8. The van der Waals surface area contributed by atoms with Gasteiger partial charge >= 0.3 is 25.6 Å². The van der Waals surface area contributed by atoms with Crippen molar-refractivity contribution in [1.29, 1.82) is 0 Å². The van der Waals surface area contributed by atoms with Gasteiger partial charge in [-0.2, -0.15) is 39.5 Å². The van der Waals surface area contributed by atoms with Crippen LogP contribution in [0, 0.1) is 10.5 Å². The molecule has 20 nitrogen and oxygen atoms in total. The summed E-state index contributed by atoms with van der Waals surface area (Å²) < 4.78 is 119. The van der Waals surface area contributed by atoms with Gasteiger partial charge in [-0.3, -0.25) is 35.3 Å². The fourth-order valence-corrected chi connectivity index (χ4v) is 13.7. The Morgan fingerprint density at radius 3 is 1.22 bits per heavy atom. The van der Waals surface area contributed by atoms with Crippen LogP contribution in [0.15, 0.2) is 296 Å². The van der Waals surface area contributed by atoms with E-state index in [1.807, 2.05) is 123 Å². The molecule has 634 valence electrons. The first-order valence-corrected chi connectivity index (χ1v) is 40.2. The fraction of sp³-hybridized carbons (Fsp3) is 0.130. The second kappa shape index (κ2) is 42.2. The Balaban J connectivity index is 0.000000152. The molecule has 0 aliphatic heterocycles. The molecule has 1 aliphatic rings. The number of hydrogen-bond donors (Lipinski definition) is 11. The zero-order chi connectivity index (χ0) is 88.8. The molecule has 8 heterocycles. The minimum absolute atomic E-state index is 0.00850. The van der Waals surface area contributed by atoms with Gasteiger partial charge in [0.2, 0.25) is 0 Å². The van der Waals surface area contributed by atoms with Gasteiger partial charge in [0.25, 0.3) is 17.7 Å². The van der Waals surface area contributed by atoms with Crippen LogP contribution in [0.2, 0.25) is 0 Å². The minimum Gasteiger partial charge on any atom is -0.423 e. The third-order valence-electron chi connectivity index (χ3n) is 19.5. The number of pyridine rings is 4. The molecule has 0 spiro atoms. The number of carbonyl (C=O) groups excluding carboxylic acids is 4. The molecule has 3 amide bonds. The number of rotatable bonds is 14. The van der Waals surface area contributed by atoms with Crippen molar-refractivity contribution in [3.05, 3.63) is 350 Å². The number of ketones is 1. The summed E-state index contributed by atoms with van der Waals surface area (Å²) in [5.41, 5.74) is 22.1. The summed E-state index contributed by atoms with van der Waals surface area (Å²) in [5, 5.41) is 25.1. The van der Waals surface area contributed by atoms with Crippen LogP contribution in [0.1, 0.15) is 95.5 Å². The first-order valence-electron chi connectivity index (χ1n) is 38.3. The summed E-state index contributed by atoms with van der Waals surface area (Å²) in [7, 11) is 0.615. The summed E-state index contributed by atoms with van der Waals surface area (Å²) in [6.07, 6.45) is -1.13. The number of hydrogen-bond acceptors (Lipinski definition) is 13. The average Bonchev–Trinajstić information content (AvgIpc) is 1.10. The smallest absolute Gasteiger partial charge is 0.423 e. The molecule has 124 heavy (non-hydrogen) atoms. The monoisotopic (exact) mass is 1860 g/mol. The Morgan fingerprint density at radius 2 is 0.839 bits per heavy atom. The molecule has 8 aromatic heterocycles. The molecule has 32 heteroatoms. The first-order chi connectivity index (χ1) is 59.3. The number of aryl methyl sites for hydroxylation is 1. The van der Waals surface area contributed by atoms with E-state index in [9.17, 15) is 58.7 Å². The van der Waals surface area contributed by atoms with E-state index in [4.69, 9.17) is 27.4 Å². The lowest BCUT2D eigenvalue weighted by molar-refractivity contribution is -0.138. The van der Waals surface area contributed by atoms with E-state index >= 15 is 0 Å². The number of fused-ring (bicyclic) bond motifs is 4. The highest BCUT2D eigenvalue weighted by molar-refractivity contribution is 14.1. The highest BCUT2D eigenvalue weighted by atomic mass is 127. The number of likely N-dealkylation sites (N-methyl/N-ethyl adjacent to an activating group) is 1. The lowest BCUT2D eigenvalue weighted by Crippen LogP contribution is -2.51. The number of halogens is 11. The Labute approximate surface area is 727 Å². The summed E-state index contributed by atoms with van der Waals surface area (Å²) >= 11 is 5.41. The number of nitrogens with zero attached hydrogens (tertiary/aromatic N) is 5. The van der Waals surface area contributed by atoms with Gasteiger partial charge in [-0.15, -0.1) is 0 Å². The largest absolute Gasteiger partial charge is 0.488 e. The lowest BCUT2D eigenvalue weighted by atomic mass is 9.80. The number of Topliss-reactive ketones (excluding diaryl/α,β-unsaturated/α-hetero) is 1. The van der Waals surface area contributed by atoms with Crippen LogP contribution < -0.4 is 38.4 Å². The number of carbonyl (C=O) groups is 4. The molecule has 0 unspecified atom stereocenters. The van der Waals surface area contributed by atoms with Gasteiger partial charge < -0.3 is 46.8 Å². The maximum absolute atomic E-state index is 13.7. The number of aromatic nitrogens is 8. The molecule has 1 aliphatic carbocycles. The van der Waals surface area contributed by atoms with Crippen molar-refractivity contribution in [1.82, 2.24) is 50.6 Å². The van der Waals surface area contributed by atoms with Crippen LogP contribution in [-0.4, -0.2) is 99.7 Å². The number of amides is 3. The molecule has 2 atom stereocenters. The summed E-state index contributed by atoms with van der Waals surface area (Å²) in [5.74, 6) is 3.38. The highest BCUT2D eigenvalue weighted by Crippen LogP contribution is 2.37. The van der Waals surface area contributed by atoms with Crippen LogP contribution in [0.3, 0.4) is 0 Å². The van der Waals surface area contributed by atoms with E-state index in [0.29, 0.717) is 39.1 Å². The second-order valence-corrected chi connectivity index (χ2v) is 30.2. The van der Waals surface area contributed by atoms with Crippen molar-refractivity contribution in [3.8, 4) is 33.8 Å². The van der Waals surface area contributed by atoms with Crippen LogP contribution in [0.4, 0.5) is 50.9 Å². The van der Waals surface area contributed by atoms with Gasteiger partial charge in [0.1, 0.15) is 27.4 Å². The van der Waals surface area contributed by atoms with Crippen molar-refractivity contribution in [2.75, 3.05) is 11.9 Å². The topological polar surface area (TPSA) is 329 Å². The quantitative estimate of drug-likeness (QED) is 0.00919. The zero-order valence-electron chi connectivity index (χ0n) is 66.1. The Morgan fingerprint density at radius 1 is 0.468 bits per heavy atom. The first kappa shape index (κ1) is 91.8. The summed E-state index contributed by atoms with van der Waals surface area (Å²) in [6, 6.07) is 72.2. The summed E-state index contributed by atoms with van der Waals surface area (Å²) in [6.45, 7) is 2.09. The van der Waals surface area contributed by atoms with Crippen molar-refractivity contribution >= 4 is 130 Å². The van der Waals surface area contributed by atoms with Crippen molar-refractivity contribution < 1.29 is 68.7 Å². The predicted octanol–water partition coefficient (Wildman–Crippen LogP) is 19.6. The maximum atomic E-state index is 13.7. The number of primary amides is 2. The van der Waals surface area contributed by atoms with E-state index in [1.54, 1.807) is 72.9 Å². The molecule has 1 saturated carbocycles. The molecule has 0 bridgehead atoms. The molecular formula is C92H80BBrF9IN14O6. The normalized spacial score (nSPS) is 13.0. The number of H-pyrrole nitrogens is 4. The van der Waals surface area contributed by atoms with Crippen molar-refractivity contribution in [2.45, 2.75) is 69.6 Å². The molecule has 0 saturated heterocycles. The molecule has 8 aromatic carbocycles. The second-order valence-electron chi connectivity index (χ2n) is 28.1. The molecule has 1 fully saturated rings. The zero-order valence-corrected chi connectivity index (χ0v) is 69.9. The molecular weight excluding hydrogens is 1790 g/mol. The SMILES string of the molecule is CN[C@@H]1CCCC[C@H]1NN.Cc1ccc(I)cc1.NC(=O)c1cccc(-c2ccc3[nH]ccc3c2)n1.NC(=O)c1cccc(Br)n1.O=C(Cc1ccc(C(F)(F)F)cc1)c1cccc(-c2ccc3[nH]ccc3c2)n1.O=C(c1cccc(-c2ccc3[nH]ccc3c2)n1)N(c1ccc(C(F)(F)F)cc1)c1ccc(C(F)(F)F)cc1.OB(O)c1ccc2[nH]ccc2c1. The van der Waals surface area contributed by atoms with E-state index in [-0.39, 0.29) is 46.4 Å². The van der Waals surface area contributed by atoms with Gasteiger partial charge in [-0.05, 0) is 270 Å². The lowest BCUT2D eigenvalue weighted by Gasteiger charge is -2.30. The standard InChI is InChI=1S/C28H17F6N3O.C22H15F3N2O.C14H11N3O.C8H8BNO2.C7H7I.C7H17N3.C6H5BrN2O/c29-27(30,31)19-5-9-21(10-6-19)37(22-11-7-20(8-12-22)28(32,33)34)26(38)25-3-1-2-24(36-25)17-4-13-23-18(16-17)14-15-35-23;23-22(24,25)17-7-4-14(5-8-17)12-21(28)20-3-1-2-19(27-20)15-6-9-18-16(13-15)10-11-26-18;15-14(18)13-3-1-2-12(17-13)9-4-5-11-10(8-9)6-7-16-11;11-9(12)7-1-2-8-6(5-7)3-4-10-8;1-6-2-4-7(8)5-3-6;1-9-6-4-2-3-5-7(6)10-8;7-5-3-1-2-4(9-5)6(8)10/h1-16,35H;1-11,13,26H,12H2;1-8,16H,(H2,15,18);1-5,10-12H;2-5H,1H3;6-7,9-10H,2-5,8H2,1H3;1-3H,(H2,8,10)/t;;;;;6-,7-;/m.....1./s1. The van der Waals surface area contributed by atoms with Gasteiger partial charge in [-0.1, -0.05) is 97.3 Å². The molecule has 14 N–H and O–H groups in total. The van der Waals surface area contributed by atoms with Crippen molar-refractivity contribution in [2.24, 2.45) is 17.3 Å². The number of nitrogens with two attached hydrogens (primary N) is 3. The van der Waals surface area contributed by atoms with E-state index in [2.05, 4.69) is 120 Å². The minimum atomic E-state index is -4.60. The number of alkyl halides is 9. The fourth-order valence-electron chi connectivity index (χ4n) is 13.0. The number of aromatic amines is 4. The van der Waals surface area contributed by atoms with Crippen molar-refractivity contribution in [3.63, 3.8) is 0 Å². The molecule has 17 rings (SSSR count). The van der Waals surface area contributed by atoms with E-state index in [1.165, 1.54) is 53.0 Å². The Kier molecular flexibility index (Phi) is 31.3. The molecule has 16 aromatic rings.